The van der Waals surface area contributed by atoms with Crippen LogP contribution in [0.15, 0.2) is 34.9 Å². The SMILES string of the molecule is NC(CO)Cc1ccc2occc2c1. The summed E-state index contributed by atoms with van der Waals surface area (Å²) in [6.07, 6.45) is 2.36. The Morgan fingerprint density at radius 2 is 2.21 bits per heavy atom. The van der Waals surface area contributed by atoms with Gasteiger partial charge in [-0.25, -0.2) is 0 Å². The molecule has 74 valence electrons. The molecule has 0 bridgehead atoms. The first-order valence-corrected chi connectivity index (χ1v) is 4.62. The molecule has 1 aromatic carbocycles. The van der Waals surface area contributed by atoms with Gasteiger partial charge in [-0.05, 0) is 30.2 Å². The van der Waals surface area contributed by atoms with Crippen molar-refractivity contribution in [1.29, 1.82) is 0 Å². The fourth-order valence-electron chi connectivity index (χ4n) is 1.51. The van der Waals surface area contributed by atoms with Gasteiger partial charge in [-0.2, -0.15) is 0 Å². The molecule has 2 rings (SSSR count). The standard InChI is InChI=1S/C11H13NO2/c12-10(7-13)6-8-1-2-11-9(5-8)3-4-14-11/h1-5,10,13H,6-7,12H2. The highest BCUT2D eigenvalue weighted by molar-refractivity contribution is 5.77. The number of furan rings is 1. The maximum Gasteiger partial charge on any atom is 0.133 e. The number of rotatable bonds is 3. The number of nitrogens with two attached hydrogens (primary N) is 1. The summed E-state index contributed by atoms with van der Waals surface area (Å²) >= 11 is 0. The number of fused-ring (bicyclic) bond motifs is 1. The van der Waals surface area contributed by atoms with Gasteiger partial charge in [0, 0.05) is 11.4 Å². The number of hydrogen-bond donors (Lipinski definition) is 2. The lowest BCUT2D eigenvalue weighted by atomic mass is 10.1. The van der Waals surface area contributed by atoms with Crippen molar-refractivity contribution < 1.29 is 9.52 Å². The van der Waals surface area contributed by atoms with Gasteiger partial charge in [0.25, 0.3) is 0 Å². The van der Waals surface area contributed by atoms with Crippen molar-refractivity contribution in [2.24, 2.45) is 5.73 Å². The first-order valence-electron chi connectivity index (χ1n) is 4.62. The molecule has 3 nitrogen and oxygen atoms in total. The van der Waals surface area contributed by atoms with Crippen LogP contribution in [0.4, 0.5) is 0 Å². The van der Waals surface area contributed by atoms with Crippen LogP contribution in [0.2, 0.25) is 0 Å². The minimum atomic E-state index is -0.181. The monoisotopic (exact) mass is 191 g/mol. The number of benzene rings is 1. The van der Waals surface area contributed by atoms with Crippen molar-refractivity contribution in [1.82, 2.24) is 0 Å². The summed E-state index contributed by atoms with van der Waals surface area (Å²) in [5.74, 6) is 0. The molecule has 0 spiro atoms. The van der Waals surface area contributed by atoms with Gasteiger partial charge < -0.3 is 15.3 Å². The van der Waals surface area contributed by atoms with E-state index in [9.17, 15) is 0 Å². The van der Waals surface area contributed by atoms with Crippen molar-refractivity contribution in [3.63, 3.8) is 0 Å². The molecule has 0 fully saturated rings. The second-order valence-corrected chi connectivity index (χ2v) is 3.44. The number of hydrogen-bond acceptors (Lipinski definition) is 3. The van der Waals surface area contributed by atoms with E-state index in [0.717, 1.165) is 16.5 Å². The van der Waals surface area contributed by atoms with E-state index in [0.29, 0.717) is 6.42 Å². The quantitative estimate of drug-likeness (QED) is 0.768. The average Bonchev–Trinajstić information content (AvgIpc) is 2.64. The minimum absolute atomic E-state index is 0.0173. The smallest absolute Gasteiger partial charge is 0.133 e. The van der Waals surface area contributed by atoms with Crippen LogP contribution in [0, 0.1) is 0 Å². The molecule has 1 aromatic heterocycles. The molecule has 1 heterocycles. The largest absolute Gasteiger partial charge is 0.464 e. The minimum Gasteiger partial charge on any atom is -0.464 e. The molecule has 1 atom stereocenters. The van der Waals surface area contributed by atoms with Crippen molar-refractivity contribution in [2.45, 2.75) is 12.5 Å². The summed E-state index contributed by atoms with van der Waals surface area (Å²) in [5.41, 5.74) is 7.66. The zero-order valence-corrected chi connectivity index (χ0v) is 7.81. The molecule has 0 saturated heterocycles. The van der Waals surface area contributed by atoms with Gasteiger partial charge in [0.15, 0.2) is 0 Å². The predicted molar refractivity (Wildman–Crippen MR) is 55.0 cm³/mol. The van der Waals surface area contributed by atoms with Crippen molar-refractivity contribution in [2.75, 3.05) is 6.61 Å². The van der Waals surface area contributed by atoms with Crippen LogP contribution in [0.1, 0.15) is 5.56 Å². The lowest BCUT2D eigenvalue weighted by Crippen LogP contribution is -2.26. The second kappa shape index (κ2) is 3.82. The Kier molecular flexibility index (Phi) is 2.52. The van der Waals surface area contributed by atoms with Crippen molar-refractivity contribution in [3.8, 4) is 0 Å². The molecule has 0 radical (unpaired) electrons. The Balaban J connectivity index is 2.25. The third-order valence-electron chi connectivity index (χ3n) is 2.25. The molecule has 0 aliphatic heterocycles. The Hall–Kier alpha value is -1.32. The van der Waals surface area contributed by atoms with Crippen molar-refractivity contribution in [3.05, 3.63) is 36.1 Å². The van der Waals surface area contributed by atoms with Crippen LogP contribution in [-0.2, 0) is 6.42 Å². The summed E-state index contributed by atoms with van der Waals surface area (Å²) in [6.45, 7) is 0.0173. The van der Waals surface area contributed by atoms with E-state index in [2.05, 4.69) is 0 Å². The van der Waals surface area contributed by atoms with Crippen LogP contribution < -0.4 is 5.73 Å². The Morgan fingerprint density at radius 1 is 1.36 bits per heavy atom. The summed E-state index contributed by atoms with van der Waals surface area (Å²) in [5, 5.41) is 9.90. The molecule has 0 saturated carbocycles. The summed E-state index contributed by atoms with van der Waals surface area (Å²) < 4.78 is 5.22. The van der Waals surface area contributed by atoms with Crippen LogP contribution in [0.3, 0.4) is 0 Å². The highest BCUT2D eigenvalue weighted by atomic mass is 16.3. The Labute approximate surface area is 82.1 Å². The topological polar surface area (TPSA) is 59.4 Å². The molecule has 3 heteroatoms. The molecular formula is C11H13NO2. The molecule has 0 aliphatic carbocycles. The molecule has 2 aromatic rings. The molecule has 0 aliphatic rings. The van der Waals surface area contributed by atoms with Gasteiger partial charge in [-0.3, -0.25) is 0 Å². The molecular weight excluding hydrogens is 178 g/mol. The van der Waals surface area contributed by atoms with E-state index in [1.807, 2.05) is 24.3 Å². The van der Waals surface area contributed by atoms with E-state index in [-0.39, 0.29) is 12.6 Å². The molecule has 3 N–H and O–H groups in total. The normalized spacial score (nSPS) is 13.3. The average molecular weight is 191 g/mol. The molecule has 0 amide bonds. The van der Waals surface area contributed by atoms with Gasteiger partial charge in [-0.15, -0.1) is 0 Å². The van der Waals surface area contributed by atoms with E-state index in [1.54, 1.807) is 6.26 Å². The van der Waals surface area contributed by atoms with E-state index >= 15 is 0 Å². The predicted octanol–water partition coefficient (Wildman–Crippen LogP) is 1.29. The number of aliphatic hydroxyl groups is 1. The van der Waals surface area contributed by atoms with Crippen LogP contribution in [-0.4, -0.2) is 17.8 Å². The lowest BCUT2D eigenvalue weighted by molar-refractivity contribution is 0.265. The van der Waals surface area contributed by atoms with Gasteiger partial charge in [0.1, 0.15) is 5.58 Å². The maximum atomic E-state index is 8.83. The number of aliphatic hydroxyl groups excluding tert-OH is 1. The summed E-state index contributed by atoms with van der Waals surface area (Å²) in [4.78, 5) is 0. The Bertz CT molecular complexity index is 422. The van der Waals surface area contributed by atoms with Gasteiger partial charge in [0.05, 0.1) is 12.9 Å². The van der Waals surface area contributed by atoms with Crippen LogP contribution in [0.5, 0.6) is 0 Å². The first kappa shape index (κ1) is 9.24. The van der Waals surface area contributed by atoms with E-state index in [1.165, 1.54) is 0 Å². The van der Waals surface area contributed by atoms with Gasteiger partial charge in [0.2, 0.25) is 0 Å². The summed E-state index contributed by atoms with van der Waals surface area (Å²) in [7, 11) is 0. The fourth-order valence-corrected chi connectivity index (χ4v) is 1.51. The maximum absolute atomic E-state index is 8.83. The molecule has 14 heavy (non-hydrogen) atoms. The van der Waals surface area contributed by atoms with E-state index in [4.69, 9.17) is 15.3 Å². The molecule has 1 unspecified atom stereocenters. The van der Waals surface area contributed by atoms with E-state index < -0.39 is 0 Å². The zero-order chi connectivity index (χ0) is 9.97. The van der Waals surface area contributed by atoms with Crippen LogP contribution >= 0.6 is 0 Å². The first-order chi connectivity index (χ1) is 6.79. The highest BCUT2D eigenvalue weighted by Crippen LogP contribution is 2.17. The Morgan fingerprint density at radius 3 is 3.00 bits per heavy atom. The summed E-state index contributed by atoms with van der Waals surface area (Å²) in [6, 6.07) is 7.67. The second-order valence-electron chi connectivity index (χ2n) is 3.44. The van der Waals surface area contributed by atoms with Gasteiger partial charge in [-0.1, -0.05) is 6.07 Å². The lowest BCUT2D eigenvalue weighted by Gasteiger charge is -2.07. The highest BCUT2D eigenvalue weighted by Gasteiger charge is 2.03. The zero-order valence-electron chi connectivity index (χ0n) is 7.81. The fraction of sp³-hybridized carbons (Fsp3) is 0.273. The van der Waals surface area contributed by atoms with Gasteiger partial charge >= 0.3 is 0 Å². The van der Waals surface area contributed by atoms with Crippen LogP contribution in [0.25, 0.3) is 11.0 Å². The van der Waals surface area contributed by atoms with Crippen molar-refractivity contribution >= 4 is 11.0 Å². The third-order valence-corrected chi connectivity index (χ3v) is 2.25. The third kappa shape index (κ3) is 1.78.